The largest absolute Gasteiger partial charge is 0.394 e. The van der Waals surface area contributed by atoms with Crippen LogP contribution in [-0.2, 0) is 6.54 Å². The Kier molecular flexibility index (Phi) is 6.27. The van der Waals surface area contributed by atoms with Crippen molar-refractivity contribution >= 4 is 17.3 Å². The molecule has 0 saturated heterocycles. The average molecular weight is 289 g/mol. The third-order valence-electron chi connectivity index (χ3n) is 2.70. The summed E-state index contributed by atoms with van der Waals surface area (Å²) in [5.74, 6) is 0.488. The third kappa shape index (κ3) is 4.49. The minimum absolute atomic E-state index is 0.0485. The molecule has 0 aromatic carbocycles. The number of aliphatic hydroxyl groups excluding tert-OH is 1. The van der Waals surface area contributed by atoms with Crippen LogP contribution in [0.2, 0.25) is 5.02 Å². The quantitative estimate of drug-likeness (QED) is 0.686. The zero-order chi connectivity index (χ0) is 14.4. The van der Waals surface area contributed by atoms with Crippen molar-refractivity contribution in [1.82, 2.24) is 9.78 Å². The van der Waals surface area contributed by atoms with Crippen molar-refractivity contribution in [3.05, 3.63) is 21.6 Å². The zero-order valence-electron chi connectivity index (χ0n) is 11.3. The van der Waals surface area contributed by atoms with Crippen LogP contribution >= 0.6 is 11.6 Å². The van der Waals surface area contributed by atoms with Crippen LogP contribution in [0.1, 0.15) is 20.3 Å². The van der Waals surface area contributed by atoms with Gasteiger partial charge >= 0.3 is 0 Å². The van der Waals surface area contributed by atoms with Crippen molar-refractivity contribution in [2.45, 2.75) is 32.9 Å². The topological polar surface area (TPSA) is 93.2 Å². The van der Waals surface area contributed by atoms with Gasteiger partial charge in [-0.2, -0.15) is 5.10 Å². The lowest BCUT2D eigenvalue weighted by Crippen LogP contribution is -2.32. The van der Waals surface area contributed by atoms with Crippen molar-refractivity contribution in [2.75, 3.05) is 18.5 Å². The first-order chi connectivity index (χ1) is 8.99. The molecule has 1 aromatic heterocycles. The Bertz CT molecular complexity index is 462. The van der Waals surface area contributed by atoms with Crippen LogP contribution in [0.3, 0.4) is 0 Å². The van der Waals surface area contributed by atoms with Crippen molar-refractivity contribution in [3.63, 3.8) is 0 Å². The van der Waals surface area contributed by atoms with Crippen molar-refractivity contribution < 1.29 is 5.11 Å². The number of halogens is 1. The van der Waals surface area contributed by atoms with Gasteiger partial charge in [-0.25, -0.2) is 4.68 Å². The van der Waals surface area contributed by atoms with Gasteiger partial charge in [0.15, 0.2) is 0 Å². The van der Waals surface area contributed by atoms with Gasteiger partial charge in [-0.3, -0.25) is 4.79 Å². The predicted octanol–water partition coefficient (Wildman–Crippen LogP) is 0.674. The zero-order valence-corrected chi connectivity index (χ0v) is 12.0. The maximum Gasteiger partial charge on any atom is 0.287 e. The molecule has 1 heterocycles. The monoisotopic (exact) mass is 288 g/mol. The first kappa shape index (κ1) is 15.9. The highest BCUT2D eigenvalue weighted by Gasteiger charge is 2.14. The fourth-order valence-corrected chi connectivity index (χ4v) is 2.02. The second-order valence-electron chi connectivity index (χ2n) is 4.83. The molecule has 6 nitrogen and oxygen atoms in total. The molecule has 0 aliphatic rings. The van der Waals surface area contributed by atoms with E-state index in [0.717, 1.165) is 11.1 Å². The van der Waals surface area contributed by atoms with Crippen molar-refractivity contribution in [3.8, 4) is 0 Å². The summed E-state index contributed by atoms with van der Waals surface area (Å²) in [5, 5.41) is 16.0. The number of rotatable bonds is 7. The molecule has 1 aromatic rings. The van der Waals surface area contributed by atoms with E-state index in [1.54, 1.807) is 0 Å². The first-order valence-electron chi connectivity index (χ1n) is 6.32. The van der Waals surface area contributed by atoms with Gasteiger partial charge in [-0.1, -0.05) is 25.4 Å². The van der Waals surface area contributed by atoms with Crippen LogP contribution in [0.25, 0.3) is 0 Å². The fraction of sp³-hybridized carbons (Fsp3) is 0.667. The molecule has 0 bridgehead atoms. The summed E-state index contributed by atoms with van der Waals surface area (Å²) in [6.07, 6.45) is 2.37. The number of aromatic nitrogens is 2. The Morgan fingerprint density at radius 1 is 1.58 bits per heavy atom. The number of nitrogens with zero attached hydrogens (tertiary/aromatic N) is 2. The Balaban J connectivity index is 2.90. The first-order valence-corrected chi connectivity index (χ1v) is 6.70. The number of aliphatic hydroxyl groups is 1. The number of anilines is 1. The minimum Gasteiger partial charge on any atom is -0.394 e. The Morgan fingerprint density at radius 3 is 2.79 bits per heavy atom. The van der Waals surface area contributed by atoms with E-state index in [1.807, 2.05) is 0 Å². The normalized spacial score (nSPS) is 12.7. The molecule has 0 saturated carbocycles. The molecule has 108 valence electrons. The number of nitrogens with two attached hydrogens (primary N) is 1. The lowest BCUT2D eigenvalue weighted by atomic mass is 10.0. The van der Waals surface area contributed by atoms with Crippen molar-refractivity contribution in [2.24, 2.45) is 11.7 Å². The maximum absolute atomic E-state index is 11.9. The molecule has 0 aliphatic heterocycles. The van der Waals surface area contributed by atoms with Gasteiger partial charge in [0.25, 0.3) is 5.56 Å². The molecule has 1 rings (SSSR count). The van der Waals surface area contributed by atoms with Gasteiger partial charge < -0.3 is 16.2 Å². The number of hydrogen-bond donors (Lipinski definition) is 3. The summed E-state index contributed by atoms with van der Waals surface area (Å²) in [7, 11) is 0. The van der Waals surface area contributed by atoms with E-state index in [9.17, 15) is 4.79 Å². The average Bonchev–Trinajstić information content (AvgIpc) is 2.37. The molecular weight excluding hydrogens is 268 g/mol. The summed E-state index contributed by atoms with van der Waals surface area (Å²) in [6.45, 7) is 4.63. The van der Waals surface area contributed by atoms with Crippen LogP contribution < -0.4 is 16.6 Å². The highest BCUT2D eigenvalue weighted by atomic mass is 35.5. The highest BCUT2D eigenvalue weighted by molar-refractivity contribution is 6.32. The smallest absolute Gasteiger partial charge is 0.287 e. The van der Waals surface area contributed by atoms with Crippen LogP contribution in [0, 0.1) is 5.92 Å². The van der Waals surface area contributed by atoms with E-state index in [0.29, 0.717) is 18.2 Å². The maximum atomic E-state index is 11.9. The minimum atomic E-state index is -0.416. The predicted molar refractivity (Wildman–Crippen MR) is 76.5 cm³/mol. The Hall–Kier alpha value is -1.11. The Morgan fingerprint density at radius 2 is 2.26 bits per heavy atom. The molecule has 19 heavy (non-hydrogen) atoms. The molecule has 0 amide bonds. The SMILES string of the molecule is CC(C)CC(CN)Nc1cnn(CCO)c(=O)c1Cl. The van der Waals surface area contributed by atoms with Gasteiger partial charge in [0.2, 0.25) is 0 Å². The molecule has 0 spiro atoms. The number of nitrogens with one attached hydrogen (secondary N) is 1. The van der Waals surface area contributed by atoms with Crippen molar-refractivity contribution in [1.29, 1.82) is 0 Å². The van der Waals surface area contributed by atoms with Crippen LogP contribution in [0.4, 0.5) is 5.69 Å². The van der Waals surface area contributed by atoms with Gasteiger partial charge in [-0.05, 0) is 12.3 Å². The second-order valence-corrected chi connectivity index (χ2v) is 5.21. The van der Waals surface area contributed by atoms with E-state index in [2.05, 4.69) is 24.3 Å². The molecule has 7 heteroatoms. The lowest BCUT2D eigenvalue weighted by molar-refractivity contribution is 0.266. The summed E-state index contributed by atoms with van der Waals surface area (Å²) >= 11 is 6.01. The van der Waals surface area contributed by atoms with Gasteiger partial charge in [0, 0.05) is 12.6 Å². The van der Waals surface area contributed by atoms with Gasteiger partial charge in [0.1, 0.15) is 5.02 Å². The summed E-state index contributed by atoms with van der Waals surface area (Å²) in [6, 6.07) is 0.0485. The summed E-state index contributed by atoms with van der Waals surface area (Å²) in [4.78, 5) is 11.9. The molecule has 1 unspecified atom stereocenters. The fourth-order valence-electron chi connectivity index (χ4n) is 1.82. The molecule has 0 fully saturated rings. The van der Waals surface area contributed by atoms with Crippen LogP contribution in [-0.4, -0.2) is 34.1 Å². The van der Waals surface area contributed by atoms with E-state index in [4.69, 9.17) is 22.4 Å². The standard InChI is InChI=1S/C12H21ClN4O2/c1-8(2)5-9(6-14)16-10-7-15-17(3-4-18)12(19)11(10)13/h7-9,16,18H,3-6,14H2,1-2H3. The molecule has 0 aliphatic carbocycles. The van der Waals surface area contributed by atoms with E-state index in [-0.39, 0.29) is 24.2 Å². The third-order valence-corrected chi connectivity index (χ3v) is 3.06. The molecular formula is C12H21ClN4O2. The van der Waals surface area contributed by atoms with Gasteiger partial charge in [-0.15, -0.1) is 0 Å². The second kappa shape index (κ2) is 7.47. The Labute approximate surface area is 117 Å². The summed E-state index contributed by atoms with van der Waals surface area (Å²) in [5.41, 5.74) is 5.76. The highest BCUT2D eigenvalue weighted by Crippen LogP contribution is 2.18. The molecule has 0 radical (unpaired) electrons. The molecule has 4 N–H and O–H groups in total. The van der Waals surface area contributed by atoms with Crippen LogP contribution in [0.5, 0.6) is 0 Å². The summed E-state index contributed by atoms with van der Waals surface area (Å²) < 4.78 is 1.13. The van der Waals surface area contributed by atoms with E-state index in [1.165, 1.54) is 6.20 Å². The lowest BCUT2D eigenvalue weighted by Gasteiger charge is -2.20. The van der Waals surface area contributed by atoms with Gasteiger partial charge in [0.05, 0.1) is 25.0 Å². The molecule has 1 atom stereocenters. The van der Waals surface area contributed by atoms with Crippen LogP contribution in [0.15, 0.2) is 11.0 Å². The van der Waals surface area contributed by atoms with E-state index < -0.39 is 5.56 Å². The van der Waals surface area contributed by atoms with E-state index >= 15 is 0 Å². The number of hydrogen-bond acceptors (Lipinski definition) is 5.